The summed E-state index contributed by atoms with van der Waals surface area (Å²) in [7, 11) is 1.49. The van der Waals surface area contributed by atoms with Crippen LogP contribution in [0.5, 0.6) is 5.75 Å². The van der Waals surface area contributed by atoms with Crippen molar-refractivity contribution in [3.05, 3.63) is 53.1 Å². The summed E-state index contributed by atoms with van der Waals surface area (Å²) >= 11 is 5.96. The van der Waals surface area contributed by atoms with Crippen molar-refractivity contribution >= 4 is 34.9 Å². The van der Waals surface area contributed by atoms with Gasteiger partial charge in [-0.05, 0) is 63.2 Å². The zero-order chi connectivity index (χ0) is 20.7. The summed E-state index contributed by atoms with van der Waals surface area (Å²) in [4.78, 5) is 26.9. The van der Waals surface area contributed by atoms with Crippen LogP contribution in [0.15, 0.2) is 42.5 Å². The molecule has 0 saturated carbocycles. The minimum Gasteiger partial charge on any atom is -0.495 e. The minimum atomic E-state index is -0.987. The first-order chi connectivity index (χ1) is 13.4. The van der Waals surface area contributed by atoms with Crippen LogP contribution in [0.25, 0.3) is 0 Å². The number of nitrogens with one attached hydrogen (secondary N) is 1. The molecule has 6 nitrogen and oxygen atoms in total. The summed E-state index contributed by atoms with van der Waals surface area (Å²) in [6.07, 6.45) is -0.987. The normalized spacial score (nSPS) is 11.5. The van der Waals surface area contributed by atoms with Gasteiger partial charge in [0.25, 0.3) is 5.91 Å². The van der Waals surface area contributed by atoms with Crippen molar-refractivity contribution in [1.82, 2.24) is 0 Å². The molecular weight excluding hydrogens is 380 g/mol. The summed E-state index contributed by atoms with van der Waals surface area (Å²) < 4.78 is 10.5. The van der Waals surface area contributed by atoms with Crippen LogP contribution in [0.1, 0.15) is 31.1 Å². The maximum atomic E-state index is 12.4. The number of carbonyl (C=O) groups excluding carboxylic acids is 2. The maximum Gasteiger partial charge on any atom is 0.338 e. The number of methoxy groups -OCH3 is 1. The van der Waals surface area contributed by atoms with Crippen LogP contribution in [-0.2, 0) is 9.53 Å². The fraction of sp³-hybridized carbons (Fsp3) is 0.333. The number of anilines is 2. The predicted molar refractivity (Wildman–Crippen MR) is 112 cm³/mol. The number of carbonyl (C=O) groups is 2. The molecule has 1 amide bonds. The number of esters is 1. The molecule has 0 fully saturated rings. The molecule has 0 saturated heterocycles. The molecule has 0 spiro atoms. The molecule has 2 aromatic carbocycles. The molecule has 1 atom stereocenters. The van der Waals surface area contributed by atoms with Crippen molar-refractivity contribution in [2.24, 2.45) is 0 Å². The van der Waals surface area contributed by atoms with Gasteiger partial charge in [-0.3, -0.25) is 4.79 Å². The second-order valence-electron chi connectivity index (χ2n) is 6.10. The quantitative estimate of drug-likeness (QED) is 0.661. The van der Waals surface area contributed by atoms with Crippen molar-refractivity contribution in [3.63, 3.8) is 0 Å². The summed E-state index contributed by atoms with van der Waals surface area (Å²) in [6.45, 7) is 7.41. The van der Waals surface area contributed by atoms with E-state index in [0.717, 1.165) is 18.8 Å². The molecule has 2 aromatic rings. The molecule has 0 heterocycles. The van der Waals surface area contributed by atoms with E-state index in [2.05, 4.69) is 24.1 Å². The highest BCUT2D eigenvalue weighted by atomic mass is 35.5. The van der Waals surface area contributed by atoms with Gasteiger partial charge in [0.05, 0.1) is 18.4 Å². The van der Waals surface area contributed by atoms with E-state index >= 15 is 0 Å². The van der Waals surface area contributed by atoms with Gasteiger partial charge in [0, 0.05) is 23.8 Å². The Bertz CT molecular complexity index is 820. The molecule has 0 aliphatic heterocycles. The average molecular weight is 405 g/mol. The predicted octanol–water partition coefficient (Wildman–Crippen LogP) is 4.38. The molecule has 0 aliphatic carbocycles. The lowest BCUT2D eigenvalue weighted by molar-refractivity contribution is -0.123. The summed E-state index contributed by atoms with van der Waals surface area (Å²) in [6, 6.07) is 12.0. The third-order valence-electron chi connectivity index (χ3n) is 4.30. The number of amides is 1. The number of hydrogen-bond donors (Lipinski definition) is 1. The van der Waals surface area contributed by atoms with Gasteiger partial charge in [-0.25, -0.2) is 4.79 Å². The van der Waals surface area contributed by atoms with Crippen LogP contribution in [-0.4, -0.2) is 38.2 Å². The summed E-state index contributed by atoms with van der Waals surface area (Å²) in [5.74, 6) is -0.580. The van der Waals surface area contributed by atoms with E-state index in [0.29, 0.717) is 22.0 Å². The van der Waals surface area contributed by atoms with E-state index in [1.807, 2.05) is 12.1 Å². The second kappa shape index (κ2) is 9.99. The van der Waals surface area contributed by atoms with E-state index in [9.17, 15) is 9.59 Å². The van der Waals surface area contributed by atoms with Crippen LogP contribution < -0.4 is 15.0 Å². The van der Waals surface area contributed by atoms with Gasteiger partial charge in [0.1, 0.15) is 5.75 Å². The zero-order valence-corrected chi connectivity index (χ0v) is 17.2. The van der Waals surface area contributed by atoms with E-state index in [1.165, 1.54) is 14.0 Å². The summed E-state index contributed by atoms with van der Waals surface area (Å²) in [5, 5.41) is 3.12. The lowest BCUT2D eigenvalue weighted by atomic mass is 10.2. The topological polar surface area (TPSA) is 67.9 Å². The Morgan fingerprint density at radius 2 is 1.75 bits per heavy atom. The van der Waals surface area contributed by atoms with E-state index in [1.54, 1.807) is 30.3 Å². The first-order valence-electron chi connectivity index (χ1n) is 9.10. The highest BCUT2D eigenvalue weighted by Crippen LogP contribution is 2.28. The van der Waals surface area contributed by atoms with Gasteiger partial charge in [-0.1, -0.05) is 11.6 Å². The molecular formula is C21H25ClN2O4. The van der Waals surface area contributed by atoms with E-state index in [4.69, 9.17) is 21.1 Å². The van der Waals surface area contributed by atoms with Crippen molar-refractivity contribution in [2.45, 2.75) is 26.9 Å². The number of nitrogens with zero attached hydrogens (tertiary/aromatic N) is 1. The van der Waals surface area contributed by atoms with Crippen LogP contribution >= 0.6 is 11.6 Å². The first-order valence-corrected chi connectivity index (χ1v) is 9.47. The Labute approximate surface area is 170 Å². The zero-order valence-electron chi connectivity index (χ0n) is 16.5. The van der Waals surface area contributed by atoms with Crippen LogP contribution in [0.4, 0.5) is 11.4 Å². The summed E-state index contributed by atoms with van der Waals surface area (Å²) in [5.41, 5.74) is 1.82. The third kappa shape index (κ3) is 5.39. The Morgan fingerprint density at radius 1 is 1.11 bits per heavy atom. The van der Waals surface area contributed by atoms with Crippen molar-refractivity contribution in [2.75, 3.05) is 30.4 Å². The van der Waals surface area contributed by atoms with Crippen molar-refractivity contribution < 1.29 is 19.1 Å². The number of rotatable bonds is 8. The van der Waals surface area contributed by atoms with Crippen molar-refractivity contribution in [3.8, 4) is 5.75 Å². The smallest absolute Gasteiger partial charge is 0.338 e. The average Bonchev–Trinajstić information content (AvgIpc) is 2.69. The fourth-order valence-electron chi connectivity index (χ4n) is 2.69. The highest BCUT2D eigenvalue weighted by molar-refractivity contribution is 6.31. The Kier molecular flexibility index (Phi) is 7.70. The number of halogens is 1. The van der Waals surface area contributed by atoms with Gasteiger partial charge in [-0.2, -0.15) is 0 Å². The van der Waals surface area contributed by atoms with Gasteiger partial charge < -0.3 is 19.7 Å². The number of ether oxygens (including phenoxy) is 2. The number of hydrogen-bond acceptors (Lipinski definition) is 5. The Balaban J connectivity index is 2.01. The Morgan fingerprint density at radius 3 is 2.32 bits per heavy atom. The minimum absolute atomic E-state index is 0.385. The Hall–Kier alpha value is -2.73. The molecule has 1 N–H and O–H groups in total. The SMILES string of the molecule is CCN(CC)c1ccc(C(=O)O[C@H](C)C(=O)Nc2cc(Cl)ccc2OC)cc1. The lowest BCUT2D eigenvalue weighted by Crippen LogP contribution is -2.30. The first kappa shape index (κ1) is 21.6. The lowest BCUT2D eigenvalue weighted by Gasteiger charge is -2.21. The van der Waals surface area contributed by atoms with Gasteiger partial charge in [-0.15, -0.1) is 0 Å². The fourth-order valence-corrected chi connectivity index (χ4v) is 2.86. The molecule has 0 aromatic heterocycles. The van der Waals surface area contributed by atoms with Gasteiger partial charge in [0.15, 0.2) is 6.10 Å². The van der Waals surface area contributed by atoms with Crippen LogP contribution in [0.3, 0.4) is 0 Å². The maximum absolute atomic E-state index is 12.4. The van der Waals surface area contributed by atoms with E-state index in [-0.39, 0.29) is 0 Å². The molecule has 150 valence electrons. The molecule has 2 rings (SSSR count). The highest BCUT2D eigenvalue weighted by Gasteiger charge is 2.20. The van der Waals surface area contributed by atoms with Crippen LogP contribution in [0.2, 0.25) is 5.02 Å². The molecule has 7 heteroatoms. The van der Waals surface area contributed by atoms with Gasteiger partial charge in [0.2, 0.25) is 0 Å². The second-order valence-corrected chi connectivity index (χ2v) is 6.54. The molecule has 28 heavy (non-hydrogen) atoms. The number of benzene rings is 2. The van der Waals surface area contributed by atoms with Crippen LogP contribution in [0, 0.1) is 0 Å². The largest absolute Gasteiger partial charge is 0.495 e. The molecule has 0 aliphatic rings. The molecule has 0 bridgehead atoms. The van der Waals surface area contributed by atoms with Crippen molar-refractivity contribution in [1.29, 1.82) is 0 Å². The van der Waals surface area contributed by atoms with E-state index < -0.39 is 18.0 Å². The monoisotopic (exact) mass is 404 g/mol. The standard InChI is InChI=1S/C21H25ClN2O4/c1-5-24(6-2)17-10-7-15(8-11-17)21(26)28-14(3)20(25)23-18-13-16(22)9-12-19(18)27-4/h7-14H,5-6H2,1-4H3,(H,23,25)/t14-/m1/s1. The third-order valence-corrected chi connectivity index (χ3v) is 4.54. The molecule has 0 unspecified atom stereocenters. The molecule has 0 radical (unpaired) electrons. The van der Waals surface area contributed by atoms with Gasteiger partial charge >= 0.3 is 5.97 Å².